The summed E-state index contributed by atoms with van der Waals surface area (Å²) in [6.45, 7) is 0. The molecule has 5 heteroatoms. The molecule has 0 amide bonds. The summed E-state index contributed by atoms with van der Waals surface area (Å²) in [5.74, 6) is -0.845. The van der Waals surface area contributed by atoms with Gasteiger partial charge in [-0.1, -0.05) is 18.2 Å². The zero-order valence-corrected chi connectivity index (χ0v) is 7.37. The molecule has 1 aromatic rings. The van der Waals surface area contributed by atoms with Gasteiger partial charge in [0.2, 0.25) is 0 Å². The van der Waals surface area contributed by atoms with Crippen molar-refractivity contribution >= 4 is 12.6 Å². The Bertz CT molecular complexity index is 364. The van der Waals surface area contributed by atoms with E-state index in [9.17, 15) is 8.78 Å². The van der Waals surface area contributed by atoms with Gasteiger partial charge in [-0.25, -0.2) is 8.78 Å². The lowest BCUT2D eigenvalue weighted by Crippen LogP contribution is -2.34. The molecule has 0 heterocycles. The molecular weight excluding hydrogens is 189 g/mol. The Morgan fingerprint density at radius 2 is 1.93 bits per heavy atom. The van der Waals surface area contributed by atoms with Crippen LogP contribution in [-0.4, -0.2) is 17.2 Å². The van der Waals surface area contributed by atoms with E-state index in [1.165, 1.54) is 18.2 Å². The fourth-order valence-electron chi connectivity index (χ4n) is 1.47. The molecule has 0 aliphatic heterocycles. The third kappa shape index (κ3) is 1.42. The van der Waals surface area contributed by atoms with Crippen molar-refractivity contribution in [3.8, 4) is 0 Å². The van der Waals surface area contributed by atoms with Gasteiger partial charge in [-0.05, 0) is 12.8 Å². The van der Waals surface area contributed by atoms with Crippen LogP contribution in [0.25, 0.3) is 0 Å². The van der Waals surface area contributed by atoms with E-state index in [-0.39, 0.29) is 11.0 Å². The van der Waals surface area contributed by atoms with Gasteiger partial charge in [-0.3, -0.25) is 0 Å². The van der Waals surface area contributed by atoms with Crippen molar-refractivity contribution in [1.29, 1.82) is 0 Å². The second kappa shape index (κ2) is 3.03. The van der Waals surface area contributed by atoms with Crippen LogP contribution >= 0.6 is 0 Å². The molecule has 2 rings (SSSR count). The van der Waals surface area contributed by atoms with Gasteiger partial charge < -0.3 is 10.0 Å². The minimum Gasteiger partial charge on any atom is -0.423 e. The Labute approximate surface area is 80.3 Å². The van der Waals surface area contributed by atoms with Crippen LogP contribution in [0.4, 0.5) is 8.78 Å². The monoisotopic (exact) mass is 198 g/mol. The van der Waals surface area contributed by atoms with Gasteiger partial charge in [-0.2, -0.15) is 0 Å². The zero-order valence-electron chi connectivity index (χ0n) is 7.37. The summed E-state index contributed by atoms with van der Waals surface area (Å²) >= 11 is 0. The molecule has 1 aromatic carbocycles. The second-order valence-electron chi connectivity index (χ2n) is 3.55. The lowest BCUT2D eigenvalue weighted by molar-refractivity contribution is 0.307. The molecule has 74 valence electrons. The van der Waals surface area contributed by atoms with E-state index in [1.807, 2.05) is 0 Å². The van der Waals surface area contributed by atoms with Crippen LogP contribution < -0.4 is 5.46 Å². The summed E-state index contributed by atoms with van der Waals surface area (Å²) in [5, 5.41) is 17.6. The summed E-state index contributed by atoms with van der Waals surface area (Å²) < 4.78 is 27.0. The number of halogens is 2. The number of hydrogen-bond donors (Lipinski definition) is 2. The van der Waals surface area contributed by atoms with E-state index in [0.717, 1.165) is 0 Å². The maximum atomic E-state index is 13.5. The fraction of sp³-hybridized carbons (Fsp3) is 0.333. The first-order valence-electron chi connectivity index (χ1n) is 4.38. The number of alkyl halides is 1. The molecule has 14 heavy (non-hydrogen) atoms. The van der Waals surface area contributed by atoms with Gasteiger partial charge in [0.25, 0.3) is 0 Å². The summed E-state index contributed by atoms with van der Waals surface area (Å²) in [6, 6.07) is 4.00. The first-order valence-corrected chi connectivity index (χ1v) is 4.38. The number of benzene rings is 1. The molecule has 2 nitrogen and oxygen atoms in total. The van der Waals surface area contributed by atoms with Gasteiger partial charge in [0.15, 0.2) is 0 Å². The van der Waals surface area contributed by atoms with Gasteiger partial charge >= 0.3 is 7.12 Å². The summed E-state index contributed by atoms with van der Waals surface area (Å²) in [4.78, 5) is 0. The van der Waals surface area contributed by atoms with E-state index < -0.39 is 18.6 Å². The van der Waals surface area contributed by atoms with Crippen LogP contribution in [0.2, 0.25) is 0 Å². The highest BCUT2D eigenvalue weighted by Gasteiger charge is 2.47. The molecule has 0 unspecified atom stereocenters. The predicted octanol–water partition coefficient (Wildman–Crippen LogP) is 0.464. The van der Waals surface area contributed by atoms with Gasteiger partial charge in [0.1, 0.15) is 11.5 Å². The van der Waals surface area contributed by atoms with E-state index in [1.54, 1.807) is 0 Å². The maximum absolute atomic E-state index is 13.5. The molecule has 0 spiro atoms. The highest BCUT2D eigenvalue weighted by Crippen LogP contribution is 2.49. The van der Waals surface area contributed by atoms with Crippen LogP contribution in [0.3, 0.4) is 0 Å². The SMILES string of the molecule is OB(O)c1cccc(C2(F)CC2)c1F. The van der Waals surface area contributed by atoms with E-state index in [2.05, 4.69) is 0 Å². The molecule has 0 bridgehead atoms. The summed E-state index contributed by atoms with van der Waals surface area (Å²) in [6.07, 6.45) is 0.601. The van der Waals surface area contributed by atoms with Crippen LogP contribution in [-0.2, 0) is 5.67 Å². The minimum absolute atomic E-state index is 0.0666. The van der Waals surface area contributed by atoms with E-state index >= 15 is 0 Å². The quantitative estimate of drug-likeness (QED) is 0.677. The van der Waals surface area contributed by atoms with Crippen LogP contribution in [0.5, 0.6) is 0 Å². The van der Waals surface area contributed by atoms with Crippen molar-refractivity contribution < 1.29 is 18.8 Å². The van der Waals surface area contributed by atoms with Crippen molar-refractivity contribution in [1.82, 2.24) is 0 Å². The molecule has 1 saturated carbocycles. The van der Waals surface area contributed by atoms with Crippen LogP contribution in [0, 0.1) is 5.82 Å². The van der Waals surface area contributed by atoms with Crippen molar-refractivity contribution in [2.75, 3.05) is 0 Å². The average Bonchev–Trinajstić information content (AvgIpc) is 2.84. The first-order chi connectivity index (χ1) is 6.54. The second-order valence-corrected chi connectivity index (χ2v) is 3.55. The Hall–Kier alpha value is -0.935. The Morgan fingerprint density at radius 3 is 2.43 bits per heavy atom. The Balaban J connectivity index is 2.47. The lowest BCUT2D eigenvalue weighted by atomic mass is 9.78. The molecular formula is C9H9BF2O2. The maximum Gasteiger partial charge on any atom is 0.491 e. The lowest BCUT2D eigenvalue weighted by Gasteiger charge is -2.09. The van der Waals surface area contributed by atoms with Crippen molar-refractivity contribution in [2.45, 2.75) is 18.5 Å². The fourth-order valence-corrected chi connectivity index (χ4v) is 1.47. The third-order valence-corrected chi connectivity index (χ3v) is 2.48. The van der Waals surface area contributed by atoms with E-state index in [4.69, 9.17) is 10.0 Å². The van der Waals surface area contributed by atoms with Crippen molar-refractivity contribution in [2.24, 2.45) is 0 Å². The van der Waals surface area contributed by atoms with Crippen LogP contribution in [0.1, 0.15) is 18.4 Å². The Kier molecular flexibility index (Phi) is 2.08. The number of hydrogen-bond acceptors (Lipinski definition) is 2. The normalized spacial score (nSPS) is 18.0. The minimum atomic E-state index is -1.89. The first kappa shape index (κ1) is 9.61. The summed E-state index contributed by atoms with van der Waals surface area (Å²) in [7, 11) is -1.89. The number of rotatable bonds is 2. The van der Waals surface area contributed by atoms with Gasteiger partial charge in [-0.15, -0.1) is 0 Å². The van der Waals surface area contributed by atoms with Crippen molar-refractivity contribution in [3.63, 3.8) is 0 Å². The predicted molar refractivity (Wildman–Crippen MR) is 48.2 cm³/mol. The highest BCUT2D eigenvalue weighted by molar-refractivity contribution is 6.58. The molecule has 0 saturated heterocycles. The van der Waals surface area contributed by atoms with Gasteiger partial charge in [0.05, 0.1) is 0 Å². The molecule has 1 aliphatic rings. The molecule has 1 fully saturated rings. The van der Waals surface area contributed by atoms with Gasteiger partial charge in [0, 0.05) is 11.0 Å². The van der Waals surface area contributed by atoms with E-state index in [0.29, 0.717) is 12.8 Å². The highest BCUT2D eigenvalue weighted by atomic mass is 19.2. The third-order valence-electron chi connectivity index (χ3n) is 2.48. The smallest absolute Gasteiger partial charge is 0.423 e. The van der Waals surface area contributed by atoms with Crippen molar-refractivity contribution in [3.05, 3.63) is 29.6 Å². The standard InChI is InChI=1S/C9H9BF2O2/c11-8-6(9(12)4-5-9)2-1-3-7(8)10(13)14/h1-3,13-14H,4-5H2. The molecule has 2 N–H and O–H groups in total. The van der Waals surface area contributed by atoms with Crippen LogP contribution in [0.15, 0.2) is 18.2 Å². The Morgan fingerprint density at radius 1 is 1.29 bits per heavy atom. The molecule has 0 atom stereocenters. The largest absolute Gasteiger partial charge is 0.491 e. The molecule has 1 aliphatic carbocycles. The average molecular weight is 198 g/mol. The summed E-state index contributed by atoms with van der Waals surface area (Å²) in [5.41, 5.74) is -1.93. The topological polar surface area (TPSA) is 40.5 Å². The molecule has 0 radical (unpaired) electrons. The molecule has 0 aromatic heterocycles. The zero-order chi connectivity index (χ0) is 10.3.